The zero-order chi connectivity index (χ0) is 10.2. The van der Waals surface area contributed by atoms with E-state index in [2.05, 4.69) is 9.97 Å². The molecule has 0 bridgehead atoms. The van der Waals surface area contributed by atoms with E-state index in [0.717, 1.165) is 10.9 Å². The normalized spacial score (nSPS) is 11.9. The van der Waals surface area contributed by atoms with Gasteiger partial charge < -0.3 is 5.11 Å². The quantitative estimate of drug-likeness (QED) is 0.743. The summed E-state index contributed by atoms with van der Waals surface area (Å²) in [5.41, 5.74) is -0.121. The summed E-state index contributed by atoms with van der Waals surface area (Å²) in [7, 11) is 0. The molecule has 0 saturated heterocycles. The van der Waals surface area contributed by atoms with Crippen molar-refractivity contribution < 1.29 is 5.11 Å². The average Bonchev–Trinajstić information content (AvgIpc) is 2.16. The number of hydrogen-bond acceptors (Lipinski definition) is 3. The number of benzene rings is 1. The van der Waals surface area contributed by atoms with Gasteiger partial charge in [-0.25, -0.2) is 9.97 Å². The maximum atomic E-state index is 9.72. The second-order valence-corrected chi connectivity index (χ2v) is 3.81. The summed E-state index contributed by atoms with van der Waals surface area (Å²) in [5, 5.41) is 10.7. The lowest BCUT2D eigenvalue weighted by Crippen LogP contribution is -2.19. The number of aliphatic hydroxyl groups is 1. The molecule has 14 heavy (non-hydrogen) atoms. The molecule has 1 N–H and O–H groups in total. The summed E-state index contributed by atoms with van der Waals surface area (Å²) < 4.78 is 0. The summed E-state index contributed by atoms with van der Waals surface area (Å²) in [6.45, 7) is 3.36. The van der Waals surface area contributed by atoms with Gasteiger partial charge in [-0.15, -0.1) is 0 Å². The average molecular weight is 188 g/mol. The standard InChI is InChI=1S/C11H12N2O/c1-11(2,14)10-12-7-8-5-3-4-6-9(8)13-10/h3-7,14H,1-2H3. The molecule has 1 aromatic heterocycles. The first-order valence-electron chi connectivity index (χ1n) is 4.52. The Morgan fingerprint density at radius 2 is 1.93 bits per heavy atom. The second kappa shape index (κ2) is 3.03. The third-order valence-electron chi connectivity index (χ3n) is 2.04. The van der Waals surface area contributed by atoms with E-state index in [0.29, 0.717) is 5.82 Å². The van der Waals surface area contributed by atoms with Crippen molar-refractivity contribution in [1.82, 2.24) is 9.97 Å². The van der Waals surface area contributed by atoms with Gasteiger partial charge in [-0.2, -0.15) is 0 Å². The van der Waals surface area contributed by atoms with Crippen LogP contribution < -0.4 is 0 Å². The fourth-order valence-corrected chi connectivity index (χ4v) is 1.27. The minimum Gasteiger partial charge on any atom is -0.382 e. The first kappa shape index (κ1) is 9.09. The van der Waals surface area contributed by atoms with Crippen molar-refractivity contribution in [2.45, 2.75) is 19.4 Å². The Labute approximate surface area is 82.4 Å². The van der Waals surface area contributed by atoms with Gasteiger partial charge in [0.25, 0.3) is 0 Å². The third-order valence-corrected chi connectivity index (χ3v) is 2.04. The van der Waals surface area contributed by atoms with Crippen molar-refractivity contribution in [2.75, 3.05) is 0 Å². The molecule has 1 aromatic carbocycles. The van der Waals surface area contributed by atoms with E-state index < -0.39 is 5.60 Å². The van der Waals surface area contributed by atoms with Crippen molar-refractivity contribution in [3.05, 3.63) is 36.3 Å². The van der Waals surface area contributed by atoms with Crippen LogP contribution >= 0.6 is 0 Å². The summed E-state index contributed by atoms with van der Waals surface area (Å²) >= 11 is 0. The van der Waals surface area contributed by atoms with Crippen LogP contribution in [0.3, 0.4) is 0 Å². The Morgan fingerprint density at radius 1 is 1.21 bits per heavy atom. The molecule has 0 amide bonds. The fraction of sp³-hybridized carbons (Fsp3) is 0.273. The Balaban J connectivity index is 2.63. The summed E-state index contributed by atoms with van der Waals surface area (Å²) in [5.74, 6) is 0.455. The lowest BCUT2D eigenvalue weighted by atomic mass is 10.1. The van der Waals surface area contributed by atoms with E-state index in [1.807, 2.05) is 24.3 Å². The van der Waals surface area contributed by atoms with Crippen molar-refractivity contribution in [3.63, 3.8) is 0 Å². The van der Waals surface area contributed by atoms with Gasteiger partial charge in [-0.1, -0.05) is 18.2 Å². The van der Waals surface area contributed by atoms with E-state index in [1.165, 1.54) is 0 Å². The van der Waals surface area contributed by atoms with Crippen LogP contribution in [0.4, 0.5) is 0 Å². The molecule has 72 valence electrons. The van der Waals surface area contributed by atoms with Gasteiger partial charge in [0.2, 0.25) is 0 Å². The van der Waals surface area contributed by atoms with Gasteiger partial charge in [-0.05, 0) is 19.9 Å². The van der Waals surface area contributed by atoms with Crippen LogP contribution in [0.2, 0.25) is 0 Å². The number of rotatable bonds is 1. The first-order valence-corrected chi connectivity index (χ1v) is 4.52. The smallest absolute Gasteiger partial charge is 0.160 e. The van der Waals surface area contributed by atoms with Gasteiger partial charge in [0.1, 0.15) is 5.60 Å². The Morgan fingerprint density at radius 3 is 2.64 bits per heavy atom. The first-order chi connectivity index (χ1) is 6.57. The molecule has 1 heterocycles. The monoisotopic (exact) mass is 188 g/mol. The van der Waals surface area contributed by atoms with Crippen molar-refractivity contribution in [2.24, 2.45) is 0 Å². The van der Waals surface area contributed by atoms with Gasteiger partial charge in [0.05, 0.1) is 5.52 Å². The van der Waals surface area contributed by atoms with E-state index in [1.54, 1.807) is 20.0 Å². The molecule has 0 fully saturated rings. The lowest BCUT2D eigenvalue weighted by molar-refractivity contribution is 0.0691. The van der Waals surface area contributed by atoms with Crippen molar-refractivity contribution in [1.29, 1.82) is 0 Å². The Kier molecular flexibility index (Phi) is 1.97. The number of para-hydroxylation sites is 1. The number of hydrogen-bond donors (Lipinski definition) is 1. The molecule has 0 unspecified atom stereocenters. The predicted molar refractivity (Wildman–Crippen MR) is 54.8 cm³/mol. The minimum atomic E-state index is -0.982. The molecule has 0 spiro atoms. The highest BCUT2D eigenvalue weighted by molar-refractivity contribution is 5.77. The molecule has 3 nitrogen and oxygen atoms in total. The topological polar surface area (TPSA) is 46.0 Å². The van der Waals surface area contributed by atoms with E-state index >= 15 is 0 Å². The van der Waals surface area contributed by atoms with Crippen LogP contribution in [0, 0.1) is 0 Å². The van der Waals surface area contributed by atoms with Gasteiger partial charge >= 0.3 is 0 Å². The fourth-order valence-electron chi connectivity index (χ4n) is 1.27. The molecule has 0 aliphatic heterocycles. The zero-order valence-corrected chi connectivity index (χ0v) is 8.23. The molecule has 0 aliphatic carbocycles. The zero-order valence-electron chi connectivity index (χ0n) is 8.23. The molecular weight excluding hydrogens is 176 g/mol. The van der Waals surface area contributed by atoms with Crippen LogP contribution in [-0.2, 0) is 5.60 Å². The number of fused-ring (bicyclic) bond motifs is 1. The van der Waals surface area contributed by atoms with Gasteiger partial charge in [-0.3, -0.25) is 0 Å². The molecule has 0 saturated carbocycles. The predicted octanol–water partition coefficient (Wildman–Crippen LogP) is 1.86. The molecule has 0 atom stereocenters. The maximum absolute atomic E-state index is 9.72. The van der Waals surface area contributed by atoms with E-state index in [4.69, 9.17) is 0 Å². The van der Waals surface area contributed by atoms with Crippen LogP contribution in [0.5, 0.6) is 0 Å². The molecule has 3 heteroatoms. The van der Waals surface area contributed by atoms with E-state index in [9.17, 15) is 5.11 Å². The number of nitrogens with zero attached hydrogens (tertiary/aromatic N) is 2. The van der Waals surface area contributed by atoms with Crippen molar-refractivity contribution in [3.8, 4) is 0 Å². The summed E-state index contributed by atoms with van der Waals surface area (Å²) in [4.78, 5) is 8.40. The Bertz CT molecular complexity index is 460. The SMILES string of the molecule is CC(C)(O)c1ncc2ccccc2n1. The minimum absolute atomic E-state index is 0.455. The maximum Gasteiger partial charge on any atom is 0.160 e. The summed E-state index contributed by atoms with van der Waals surface area (Å²) in [6, 6.07) is 7.72. The third kappa shape index (κ3) is 1.59. The molecule has 0 aliphatic rings. The largest absolute Gasteiger partial charge is 0.382 e. The van der Waals surface area contributed by atoms with Crippen LogP contribution in [-0.4, -0.2) is 15.1 Å². The van der Waals surface area contributed by atoms with Crippen molar-refractivity contribution >= 4 is 10.9 Å². The van der Waals surface area contributed by atoms with E-state index in [-0.39, 0.29) is 0 Å². The van der Waals surface area contributed by atoms with Gasteiger partial charge in [0, 0.05) is 11.6 Å². The van der Waals surface area contributed by atoms with Crippen LogP contribution in [0.15, 0.2) is 30.5 Å². The highest BCUT2D eigenvalue weighted by Crippen LogP contribution is 2.17. The molecule has 2 aromatic rings. The van der Waals surface area contributed by atoms with Crippen LogP contribution in [0.1, 0.15) is 19.7 Å². The van der Waals surface area contributed by atoms with Gasteiger partial charge in [0.15, 0.2) is 5.82 Å². The highest BCUT2D eigenvalue weighted by atomic mass is 16.3. The Hall–Kier alpha value is -1.48. The summed E-state index contributed by atoms with van der Waals surface area (Å²) in [6.07, 6.45) is 1.73. The lowest BCUT2D eigenvalue weighted by Gasteiger charge is -2.15. The number of aromatic nitrogens is 2. The van der Waals surface area contributed by atoms with Crippen LogP contribution in [0.25, 0.3) is 10.9 Å². The molecule has 0 radical (unpaired) electrons. The highest BCUT2D eigenvalue weighted by Gasteiger charge is 2.19. The molecular formula is C11H12N2O. The molecule has 2 rings (SSSR count). The second-order valence-electron chi connectivity index (χ2n) is 3.81.